The van der Waals surface area contributed by atoms with Crippen LogP contribution in [0.5, 0.6) is 0 Å². The first-order chi connectivity index (χ1) is 11.7. The molecule has 3 heteroatoms. The lowest BCUT2D eigenvalue weighted by Gasteiger charge is -2.06. The van der Waals surface area contributed by atoms with Gasteiger partial charge < -0.3 is 0 Å². The van der Waals surface area contributed by atoms with Gasteiger partial charge in [-0.1, -0.05) is 95.3 Å². The van der Waals surface area contributed by atoms with E-state index in [0.29, 0.717) is 15.4 Å². The summed E-state index contributed by atoms with van der Waals surface area (Å²) in [5.74, 6) is 0.295. The highest BCUT2D eigenvalue weighted by atomic mass is 28.2. The number of amidine groups is 1. The summed E-state index contributed by atoms with van der Waals surface area (Å²) in [6.45, 7) is 1.96. The lowest BCUT2D eigenvalue weighted by molar-refractivity contribution is 1.41. The summed E-state index contributed by atoms with van der Waals surface area (Å²) >= 11 is 0. The standard InChI is InChI=1S/C21H18N2Si/c1-16(23-21(22)17-9-4-2-5-10-17)18-11-8-14-20(15-18)24-19-12-6-3-7-13-19/h2-15,22H,1H3. The molecule has 0 aliphatic rings. The molecule has 0 amide bonds. The van der Waals surface area contributed by atoms with Crippen LogP contribution in [-0.4, -0.2) is 21.1 Å². The SMILES string of the molecule is CC(=NC(=N)c1ccccc1)c1cccc([Si]c2ccccc2)c1. The summed E-state index contributed by atoms with van der Waals surface area (Å²) < 4.78 is 0. The number of benzene rings is 3. The first-order valence-corrected chi connectivity index (χ1v) is 8.84. The molecule has 0 saturated heterocycles. The van der Waals surface area contributed by atoms with Crippen LogP contribution >= 0.6 is 0 Å². The number of nitrogens with zero attached hydrogens (tertiary/aromatic N) is 1. The van der Waals surface area contributed by atoms with Gasteiger partial charge in [-0.2, -0.15) is 0 Å². The Bertz CT molecular complexity index is 855. The van der Waals surface area contributed by atoms with Crippen LogP contribution in [0.1, 0.15) is 18.1 Å². The maximum absolute atomic E-state index is 8.16. The van der Waals surface area contributed by atoms with Gasteiger partial charge in [0.05, 0.1) is 0 Å². The molecule has 0 fully saturated rings. The number of hydrogen-bond acceptors (Lipinski definition) is 1. The van der Waals surface area contributed by atoms with E-state index >= 15 is 0 Å². The molecule has 24 heavy (non-hydrogen) atoms. The molecule has 0 heterocycles. The van der Waals surface area contributed by atoms with E-state index in [1.807, 2.05) is 43.3 Å². The second kappa shape index (κ2) is 7.66. The Morgan fingerprint density at radius 3 is 2.04 bits per heavy atom. The summed E-state index contributed by atoms with van der Waals surface area (Å²) in [5.41, 5.74) is 2.76. The molecule has 0 aliphatic heterocycles. The molecule has 0 spiro atoms. The van der Waals surface area contributed by atoms with E-state index in [0.717, 1.165) is 16.8 Å². The van der Waals surface area contributed by atoms with E-state index in [1.165, 1.54) is 10.4 Å². The summed E-state index contributed by atoms with van der Waals surface area (Å²) in [4.78, 5) is 4.47. The molecular weight excluding hydrogens is 308 g/mol. The molecule has 0 saturated carbocycles. The zero-order valence-corrected chi connectivity index (χ0v) is 14.5. The molecule has 1 N–H and O–H groups in total. The molecule has 2 nitrogen and oxygen atoms in total. The number of aliphatic imine (C=N–C) groups is 1. The van der Waals surface area contributed by atoms with Gasteiger partial charge in [0.2, 0.25) is 0 Å². The zero-order valence-electron chi connectivity index (χ0n) is 13.5. The summed E-state index contributed by atoms with van der Waals surface area (Å²) in [6, 6.07) is 28.5. The van der Waals surface area contributed by atoms with Crippen molar-refractivity contribution in [2.24, 2.45) is 4.99 Å². The molecule has 0 aromatic heterocycles. The average Bonchev–Trinajstić information content (AvgIpc) is 2.63. The predicted octanol–water partition coefficient (Wildman–Crippen LogP) is 3.18. The molecular formula is C21H18N2Si. The molecule has 3 aromatic rings. The quantitative estimate of drug-likeness (QED) is 0.434. The van der Waals surface area contributed by atoms with Crippen molar-refractivity contribution < 1.29 is 0 Å². The van der Waals surface area contributed by atoms with Crippen LogP contribution < -0.4 is 10.4 Å². The molecule has 116 valence electrons. The molecule has 0 bridgehead atoms. The van der Waals surface area contributed by atoms with Crippen LogP contribution in [0.3, 0.4) is 0 Å². The fourth-order valence-electron chi connectivity index (χ4n) is 2.40. The monoisotopic (exact) mass is 326 g/mol. The highest BCUT2D eigenvalue weighted by Crippen LogP contribution is 2.05. The van der Waals surface area contributed by atoms with Crippen LogP contribution in [0.25, 0.3) is 0 Å². The second-order valence-corrected chi connectivity index (χ2v) is 6.89. The smallest absolute Gasteiger partial charge is 0.152 e. The predicted molar refractivity (Wildman–Crippen MR) is 103 cm³/mol. The van der Waals surface area contributed by atoms with E-state index in [1.54, 1.807) is 0 Å². The third-order valence-electron chi connectivity index (χ3n) is 3.67. The molecule has 2 radical (unpaired) electrons. The first-order valence-electron chi connectivity index (χ1n) is 7.84. The highest BCUT2D eigenvalue weighted by molar-refractivity contribution is 6.67. The van der Waals surface area contributed by atoms with Gasteiger partial charge in [0, 0.05) is 11.3 Å². The molecule has 0 atom stereocenters. The van der Waals surface area contributed by atoms with Crippen LogP contribution in [0.4, 0.5) is 0 Å². The van der Waals surface area contributed by atoms with Gasteiger partial charge in [0.1, 0.15) is 9.52 Å². The minimum absolute atomic E-state index is 0.295. The Morgan fingerprint density at radius 2 is 1.33 bits per heavy atom. The number of nitrogens with one attached hydrogen (secondary N) is 1. The van der Waals surface area contributed by atoms with Crippen molar-refractivity contribution in [2.75, 3.05) is 0 Å². The molecule has 0 unspecified atom stereocenters. The maximum Gasteiger partial charge on any atom is 0.152 e. The van der Waals surface area contributed by atoms with Crippen molar-refractivity contribution in [1.82, 2.24) is 0 Å². The van der Waals surface area contributed by atoms with Crippen molar-refractivity contribution in [3.63, 3.8) is 0 Å². The highest BCUT2D eigenvalue weighted by Gasteiger charge is 2.04. The van der Waals surface area contributed by atoms with Crippen molar-refractivity contribution in [2.45, 2.75) is 6.92 Å². The van der Waals surface area contributed by atoms with Crippen molar-refractivity contribution in [3.05, 3.63) is 96.1 Å². The maximum atomic E-state index is 8.16. The van der Waals surface area contributed by atoms with E-state index < -0.39 is 0 Å². The summed E-state index contributed by atoms with van der Waals surface area (Å²) in [7, 11) is 0.626. The van der Waals surface area contributed by atoms with E-state index in [9.17, 15) is 0 Å². The van der Waals surface area contributed by atoms with Crippen LogP contribution in [0, 0.1) is 5.41 Å². The fraction of sp³-hybridized carbons (Fsp3) is 0.0476. The van der Waals surface area contributed by atoms with Gasteiger partial charge in [-0.05, 0) is 12.5 Å². The Hall–Kier alpha value is -2.78. The topological polar surface area (TPSA) is 36.2 Å². The zero-order chi connectivity index (χ0) is 16.8. The summed E-state index contributed by atoms with van der Waals surface area (Å²) in [6.07, 6.45) is 0. The Morgan fingerprint density at radius 1 is 0.750 bits per heavy atom. The van der Waals surface area contributed by atoms with Gasteiger partial charge in [-0.15, -0.1) is 0 Å². The van der Waals surface area contributed by atoms with Gasteiger partial charge in [0.25, 0.3) is 0 Å². The van der Waals surface area contributed by atoms with E-state index in [-0.39, 0.29) is 0 Å². The second-order valence-electron chi connectivity index (χ2n) is 5.48. The van der Waals surface area contributed by atoms with E-state index in [4.69, 9.17) is 5.41 Å². The number of hydrogen-bond donors (Lipinski definition) is 1. The lowest BCUT2D eigenvalue weighted by atomic mass is 10.1. The lowest BCUT2D eigenvalue weighted by Crippen LogP contribution is -2.27. The van der Waals surface area contributed by atoms with Gasteiger partial charge in [-0.3, -0.25) is 5.41 Å². The Labute approximate surface area is 145 Å². The average molecular weight is 326 g/mol. The van der Waals surface area contributed by atoms with E-state index in [2.05, 4.69) is 53.5 Å². The third kappa shape index (κ3) is 4.15. The molecule has 3 aromatic carbocycles. The van der Waals surface area contributed by atoms with Crippen molar-refractivity contribution >= 4 is 31.4 Å². The Balaban J connectivity index is 1.80. The normalized spacial score (nSPS) is 11.3. The fourth-order valence-corrected chi connectivity index (χ4v) is 3.50. The van der Waals surface area contributed by atoms with Gasteiger partial charge >= 0.3 is 0 Å². The first kappa shape index (κ1) is 16.1. The van der Waals surface area contributed by atoms with Crippen LogP contribution in [0.2, 0.25) is 0 Å². The van der Waals surface area contributed by atoms with Crippen LogP contribution in [0.15, 0.2) is 89.9 Å². The Kier molecular flexibility index (Phi) is 5.14. The van der Waals surface area contributed by atoms with Crippen LogP contribution in [-0.2, 0) is 0 Å². The number of rotatable bonds is 4. The largest absolute Gasteiger partial charge is 0.282 e. The van der Waals surface area contributed by atoms with Gasteiger partial charge in [-0.25, -0.2) is 4.99 Å². The third-order valence-corrected chi connectivity index (χ3v) is 4.89. The summed E-state index contributed by atoms with van der Waals surface area (Å²) in [5, 5.41) is 10.8. The van der Waals surface area contributed by atoms with Crippen molar-refractivity contribution in [3.8, 4) is 0 Å². The van der Waals surface area contributed by atoms with Gasteiger partial charge in [0.15, 0.2) is 5.84 Å². The minimum atomic E-state index is 0.295. The van der Waals surface area contributed by atoms with Crippen molar-refractivity contribution in [1.29, 1.82) is 5.41 Å². The molecule has 0 aliphatic carbocycles. The minimum Gasteiger partial charge on any atom is -0.282 e. The molecule has 3 rings (SSSR count).